The molecule has 1 aromatic rings. The molecule has 0 radical (unpaired) electrons. The number of nitrogens with zero attached hydrogens (tertiary/aromatic N) is 4. The van der Waals surface area contributed by atoms with E-state index in [4.69, 9.17) is 4.74 Å². The van der Waals surface area contributed by atoms with Gasteiger partial charge in [0.1, 0.15) is 0 Å². The SMILES string of the molecule is CCOC1C(=C=O)N=NN1C1CCN(Cc2ccccc2)C1. The van der Waals surface area contributed by atoms with E-state index in [2.05, 4.69) is 39.5 Å². The molecule has 6 heteroatoms. The third kappa shape index (κ3) is 3.09. The summed E-state index contributed by atoms with van der Waals surface area (Å²) in [6.45, 7) is 5.24. The molecular formula is C16H20N4O2. The van der Waals surface area contributed by atoms with E-state index in [0.29, 0.717) is 6.61 Å². The van der Waals surface area contributed by atoms with Gasteiger partial charge in [0.15, 0.2) is 11.6 Å². The van der Waals surface area contributed by atoms with Gasteiger partial charge in [-0.15, -0.1) is 5.11 Å². The first-order chi connectivity index (χ1) is 10.8. The zero-order valence-corrected chi connectivity index (χ0v) is 12.7. The minimum absolute atomic E-state index is 0.217. The lowest BCUT2D eigenvalue weighted by atomic mass is 10.2. The Bertz CT molecular complexity index is 583. The van der Waals surface area contributed by atoms with Gasteiger partial charge in [-0.3, -0.25) is 4.90 Å². The number of ether oxygens (including phenoxy) is 1. The van der Waals surface area contributed by atoms with Crippen LogP contribution in [0, 0.1) is 0 Å². The molecule has 2 atom stereocenters. The maximum absolute atomic E-state index is 10.9. The summed E-state index contributed by atoms with van der Waals surface area (Å²) in [6.07, 6.45) is 0.505. The van der Waals surface area contributed by atoms with Crippen molar-refractivity contribution in [2.75, 3.05) is 19.7 Å². The molecule has 2 heterocycles. The molecule has 3 rings (SSSR count). The first-order valence-electron chi connectivity index (χ1n) is 7.64. The first kappa shape index (κ1) is 14.9. The van der Waals surface area contributed by atoms with Crippen molar-refractivity contribution in [2.45, 2.75) is 32.2 Å². The van der Waals surface area contributed by atoms with Crippen LogP contribution < -0.4 is 0 Å². The number of benzene rings is 1. The molecule has 0 spiro atoms. The Balaban J connectivity index is 1.62. The van der Waals surface area contributed by atoms with Gasteiger partial charge in [-0.25, -0.2) is 9.80 Å². The predicted molar refractivity (Wildman–Crippen MR) is 81.4 cm³/mol. The summed E-state index contributed by atoms with van der Waals surface area (Å²) in [6, 6.07) is 10.6. The minimum atomic E-state index is -0.482. The Hall–Kier alpha value is -2.01. The fourth-order valence-electron chi connectivity index (χ4n) is 2.98. The summed E-state index contributed by atoms with van der Waals surface area (Å²) in [7, 11) is 0. The smallest absolute Gasteiger partial charge is 0.203 e. The molecule has 1 saturated heterocycles. The molecule has 1 fully saturated rings. The van der Waals surface area contributed by atoms with Crippen LogP contribution >= 0.6 is 0 Å². The van der Waals surface area contributed by atoms with E-state index in [1.807, 2.05) is 23.9 Å². The molecule has 2 aliphatic heterocycles. The van der Waals surface area contributed by atoms with Crippen LogP contribution in [0.5, 0.6) is 0 Å². The molecule has 6 nitrogen and oxygen atoms in total. The van der Waals surface area contributed by atoms with Gasteiger partial charge in [-0.1, -0.05) is 35.6 Å². The van der Waals surface area contributed by atoms with Gasteiger partial charge in [0.25, 0.3) is 0 Å². The van der Waals surface area contributed by atoms with Crippen molar-refractivity contribution in [3.8, 4) is 0 Å². The monoisotopic (exact) mass is 300 g/mol. The number of hydrogen-bond donors (Lipinski definition) is 0. The van der Waals surface area contributed by atoms with Crippen molar-refractivity contribution in [1.82, 2.24) is 9.91 Å². The fourth-order valence-corrected chi connectivity index (χ4v) is 2.98. The quantitative estimate of drug-likeness (QED) is 0.781. The number of carbonyl (C=O) groups excluding carboxylic acids is 1. The van der Waals surface area contributed by atoms with Crippen LogP contribution in [0.3, 0.4) is 0 Å². The van der Waals surface area contributed by atoms with Crippen molar-refractivity contribution in [3.63, 3.8) is 0 Å². The number of hydrogen-bond acceptors (Lipinski definition) is 6. The van der Waals surface area contributed by atoms with Crippen LogP contribution in [-0.4, -0.2) is 47.8 Å². The van der Waals surface area contributed by atoms with Crippen LogP contribution in [0.2, 0.25) is 0 Å². The van der Waals surface area contributed by atoms with Crippen LogP contribution in [0.4, 0.5) is 0 Å². The Morgan fingerprint density at radius 1 is 1.36 bits per heavy atom. The molecule has 0 N–H and O–H groups in total. The maximum atomic E-state index is 10.9. The maximum Gasteiger partial charge on any atom is 0.203 e. The summed E-state index contributed by atoms with van der Waals surface area (Å²) < 4.78 is 5.61. The Labute approximate surface area is 130 Å². The highest BCUT2D eigenvalue weighted by Crippen LogP contribution is 2.28. The van der Waals surface area contributed by atoms with E-state index in [-0.39, 0.29) is 11.7 Å². The molecule has 2 aliphatic rings. The van der Waals surface area contributed by atoms with Crippen molar-refractivity contribution < 1.29 is 9.53 Å². The fraction of sp³-hybridized carbons (Fsp3) is 0.500. The van der Waals surface area contributed by atoms with E-state index in [0.717, 1.165) is 26.1 Å². The van der Waals surface area contributed by atoms with E-state index < -0.39 is 6.23 Å². The highest BCUT2D eigenvalue weighted by Gasteiger charge is 2.37. The zero-order valence-electron chi connectivity index (χ0n) is 12.7. The summed E-state index contributed by atoms with van der Waals surface area (Å²) in [5.41, 5.74) is 1.55. The number of rotatable bonds is 5. The lowest BCUT2D eigenvalue weighted by Gasteiger charge is -2.27. The summed E-state index contributed by atoms with van der Waals surface area (Å²) in [5.74, 6) is 1.83. The molecule has 0 aliphatic carbocycles. The standard InChI is InChI=1S/C16H20N4O2/c1-2-22-16-15(12-21)17-18-20(16)14-8-9-19(11-14)10-13-6-4-3-5-7-13/h3-7,14,16H,2,8-11H2,1H3. The van der Waals surface area contributed by atoms with Gasteiger partial charge >= 0.3 is 0 Å². The lowest BCUT2D eigenvalue weighted by molar-refractivity contribution is -0.0367. The summed E-state index contributed by atoms with van der Waals surface area (Å²) in [4.78, 5) is 13.3. The molecule has 22 heavy (non-hydrogen) atoms. The van der Waals surface area contributed by atoms with Gasteiger partial charge in [-0.2, -0.15) is 0 Å². The van der Waals surface area contributed by atoms with E-state index in [9.17, 15) is 4.79 Å². The average Bonchev–Trinajstić information content (AvgIpc) is 3.15. The highest BCUT2D eigenvalue weighted by atomic mass is 16.5. The Morgan fingerprint density at radius 2 is 2.18 bits per heavy atom. The third-order valence-electron chi connectivity index (χ3n) is 4.03. The van der Waals surface area contributed by atoms with E-state index >= 15 is 0 Å². The van der Waals surface area contributed by atoms with Crippen molar-refractivity contribution in [3.05, 3.63) is 41.6 Å². The molecule has 0 amide bonds. The second-order valence-corrected chi connectivity index (χ2v) is 5.53. The van der Waals surface area contributed by atoms with E-state index in [1.165, 1.54) is 5.56 Å². The zero-order chi connectivity index (χ0) is 15.4. The molecule has 2 unspecified atom stereocenters. The molecule has 116 valence electrons. The van der Waals surface area contributed by atoms with Crippen molar-refractivity contribution >= 4 is 5.94 Å². The minimum Gasteiger partial charge on any atom is -0.351 e. The largest absolute Gasteiger partial charge is 0.351 e. The highest BCUT2D eigenvalue weighted by molar-refractivity contribution is 5.53. The third-order valence-corrected chi connectivity index (χ3v) is 4.03. The van der Waals surface area contributed by atoms with Crippen molar-refractivity contribution in [2.24, 2.45) is 10.3 Å². The van der Waals surface area contributed by atoms with Crippen LogP contribution in [-0.2, 0) is 16.1 Å². The topological polar surface area (TPSA) is 57.5 Å². The van der Waals surface area contributed by atoms with Crippen molar-refractivity contribution in [1.29, 1.82) is 0 Å². The van der Waals surface area contributed by atoms with Gasteiger partial charge in [-0.05, 0) is 18.9 Å². The van der Waals surface area contributed by atoms with Crippen LogP contribution in [0.25, 0.3) is 0 Å². The Morgan fingerprint density at radius 3 is 2.91 bits per heavy atom. The van der Waals surface area contributed by atoms with Crippen LogP contribution in [0.15, 0.2) is 46.4 Å². The van der Waals surface area contributed by atoms with Gasteiger partial charge in [0, 0.05) is 26.2 Å². The second-order valence-electron chi connectivity index (χ2n) is 5.53. The van der Waals surface area contributed by atoms with Gasteiger partial charge in [0.05, 0.1) is 6.04 Å². The molecule has 0 aromatic heterocycles. The van der Waals surface area contributed by atoms with E-state index in [1.54, 1.807) is 0 Å². The molecule has 1 aromatic carbocycles. The summed E-state index contributed by atoms with van der Waals surface area (Å²) >= 11 is 0. The summed E-state index contributed by atoms with van der Waals surface area (Å²) in [5, 5.41) is 9.82. The Kier molecular flexibility index (Phi) is 4.63. The van der Waals surface area contributed by atoms with Gasteiger partial charge in [0.2, 0.25) is 6.23 Å². The molecule has 0 saturated carbocycles. The second kappa shape index (κ2) is 6.83. The normalized spacial score (nSPS) is 25.0. The first-order valence-corrected chi connectivity index (χ1v) is 7.64. The predicted octanol–water partition coefficient (Wildman–Crippen LogP) is 2.02. The average molecular weight is 300 g/mol. The molecule has 0 bridgehead atoms. The van der Waals surface area contributed by atoms with Gasteiger partial charge < -0.3 is 4.74 Å². The number of likely N-dealkylation sites (tertiary alicyclic amines) is 1. The lowest BCUT2D eigenvalue weighted by Crippen LogP contribution is -2.40. The van der Waals surface area contributed by atoms with Crippen LogP contribution in [0.1, 0.15) is 18.9 Å². The molecular weight excluding hydrogens is 280 g/mol.